The summed E-state index contributed by atoms with van der Waals surface area (Å²) in [5.41, 5.74) is 17.8. The molecule has 0 atom stereocenters. The first kappa shape index (κ1) is 33.6. The molecule has 0 amide bonds. The summed E-state index contributed by atoms with van der Waals surface area (Å²) in [6.07, 6.45) is 0. The number of anilines is 6. The van der Waals surface area contributed by atoms with E-state index in [9.17, 15) is 0 Å². The average Bonchev–Trinajstić information content (AvgIpc) is 3.59. The number of benzene rings is 9. The minimum atomic E-state index is -0.510. The Morgan fingerprint density at radius 1 is 0.322 bits per heavy atom. The highest BCUT2D eigenvalue weighted by atomic mass is 16.5. The van der Waals surface area contributed by atoms with E-state index in [0.717, 1.165) is 45.6 Å². The average molecular weight is 753 g/mol. The Balaban J connectivity index is 1.17. The van der Waals surface area contributed by atoms with E-state index in [2.05, 4.69) is 234 Å². The molecule has 0 radical (unpaired) electrons. The lowest BCUT2D eigenvalue weighted by molar-refractivity contribution is 0.486. The molecular formula is C55H37BN2O. The SMILES string of the molecule is c1ccc(N(c2ccccc2)c2ccc3c(c2)Oc2cc(N(c4ccccc4)c4ccccc4)cc4c2B3C2(c3ccccc3-c3ccccc32)c2ccccc2-4)cc1. The zero-order chi connectivity index (χ0) is 38.9. The van der Waals surface area contributed by atoms with Gasteiger partial charge in [-0.05, 0) is 111 Å². The van der Waals surface area contributed by atoms with Gasteiger partial charge < -0.3 is 14.5 Å². The molecule has 1 aliphatic carbocycles. The number of nitrogens with zero attached hydrogens (tertiary/aromatic N) is 2. The summed E-state index contributed by atoms with van der Waals surface area (Å²) in [7, 11) is 0. The van der Waals surface area contributed by atoms with Gasteiger partial charge in [0.2, 0.25) is 6.71 Å². The number of hydrogen-bond acceptors (Lipinski definition) is 3. The van der Waals surface area contributed by atoms with Crippen molar-refractivity contribution in [1.29, 1.82) is 0 Å². The van der Waals surface area contributed by atoms with Gasteiger partial charge in [-0.3, -0.25) is 0 Å². The molecular weight excluding hydrogens is 715 g/mol. The fourth-order valence-electron chi connectivity index (χ4n) is 10.3. The smallest absolute Gasteiger partial charge is 0.240 e. The highest BCUT2D eigenvalue weighted by molar-refractivity contribution is 6.92. The van der Waals surface area contributed by atoms with Crippen molar-refractivity contribution in [3.8, 4) is 33.8 Å². The van der Waals surface area contributed by atoms with E-state index in [1.807, 2.05) is 0 Å². The third kappa shape index (κ3) is 4.96. The first-order valence-corrected chi connectivity index (χ1v) is 20.4. The van der Waals surface area contributed by atoms with E-state index in [1.54, 1.807) is 0 Å². The third-order valence-electron chi connectivity index (χ3n) is 12.6. The number of para-hydroxylation sites is 4. The maximum absolute atomic E-state index is 7.39. The molecule has 0 saturated heterocycles. The van der Waals surface area contributed by atoms with Gasteiger partial charge in [0.15, 0.2) is 0 Å². The van der Waals surface area contributed by atoms with Crippen LogP contribution < -0.4 is 25.5 Å². The number of fused-ring (bicyclic) bond motifs is 11. The van der Waals surface area contributed by atoms with Gasteiger partial charge in [0.1, 0.15) is 11.5 Å². The van der Waals surface area contributed by atoms with Gasteiger partial charge in [-0.1, -0.05) is 152 Å². The molecule has 0 bridgehead atoms. The number of ether oxygens (including phenoxy) is 1. The minimum Gasteiger partial charge on any atom is -0.458 e. The first-order chi connectivity index (χ1) is 29.3. The molecule has 0 aromatic heterocycles. The molecule has 0 fully saturated rings. The molecule has 3 nitrogen and oxygen atoms in total. The Kier molecular flexibility index (Phi) is 7.54. The van der Waals surface area contributed by atoms with Gasteiger partial charge >= 0.3 is 0 Å². The van der Waals surface area contributed by atoms with E-state index >= 15 is 0 Å². The van der Waals surface area contributed by atoms with Crippen molar-refractivity contribution in [2.24, 2.45) is 0 Å². The van der Waals surface area contributed by atoms with Crippen molar-refractivity contribution in [2.75, 3.05) is 9.80 Å². The number of rotatable bonds is 6. The van der Waals surface area contributed by atoms with Crippen LogP contribution in [0.15, 0.2) is 224 Å². The first-order valence-electron chi connectivity index (χ1n) is 20.4. The molecule has 0 saturated carbocycles. The molecule has 276 valence electrons. The van der Waals surface area contributed by atoms with Crippen molar-refractivity contribution in [1.82, 2.24) is 0 Å². The second-order valence-electron chi connectivity index (χ2n) is 15.6. The molecule has 59 heavy (non-hydrogen) atoms. The monoisotopic (exact) mass is 752 g/mol. The lowest BCUT2D eigenvalue weighted by atomic mass is 9.21. The summed E-state index contributed by atoms with van der Waals surface area (Å²) in [5, 5.41) is -0.510. The highest BCUT2D eigenvalue weighted by Crippen LogP contribution is 2.59. The van der Waals surface area contributed by atoms with Gasteiger partial charge in [0, 0.05) is 45.9 Å². The van der Waals surface area contributed by atoms with Crippen molar-refractivity contribution < 1.29 is 4.74 Å². The largest absolute Gasteiger partial charge is 0.458 e. The number of hydrogen-bond donors (Lipinski definition) is 0. The molecule has 12 rings (SSSR count). The summed E-state index contributed by atoms with van der Waals surface area (Å²) < 4.78 is 7.39. The second kappa shape index (κ2) is 13.3. The van der Waals surface area contributed by atoms with Crippen molar-refractivity contribution in [3.05, 3.63) is 241 Å². The predicted molar refractivity (Wildman–Crippen MR) is 245 cm³/mol. The quantitative estimate of drug-likeness (QED) is 0.157. The third-order valence-corrected chi connectivity index (χ3v) is 12.6. The van der Waals surface area contributed by atoms with Crippen LogP contribution in [0.3, 0.4) is 0 Å². The van der Waals surface area contributed by atoms with Crippen LogP contribution in [0.1, 0.15) is 16.7 Å². The van der Waals surface area contributed by atoms with Gasteiger partial charge in [0.05, 0.1) is 5.69 Å². The van der Waals surface area contributed by atoms with Crippen LogP contribution in [-0.2, 0) is 5.31 Å². The van der Waals surface area contributed by atoms with E-state index in [0.29, 0.717) is 0 Å². The molecule has 0 N–H and O–H groups in total. The second-order valence-corrected chi connectivity index (χ2v) is 15.6. The van der Waals surface area contributed by atoms with E-state index in [4.69, 9.17) is 4.74 Å². The zero-order valence-electron chi connectivity index (χ0n) is 32.2. The van der Waals surface area contributed by atoms with Crippen molar-refractivity contribution in [2.45, 2.75) is 5.31 Å². The molecule has 2 aliphatic heterocycles. The fraction of sp³-hybridized carbons (Fsp3) is 0.0182. The van der Waals surface area contributed by atoms with E-state index < -0.39 is 5.31 Å². The summed E-state index contributed by atoms with van der Waals surface area (Å²) in [6.45, 7) is -0.0807. The molecule has 4 heteroatoms. The van der Waals surface area contributed by atoms with E-state index in [1.165, 1.54) is 49.9 Å². The van der Waals surface area contributed by atoms with Crippen LogP contribution in [0, 0.1) is 0 Å². The maximum atomic E-state index is 7.39. The van der Waals surface area contributed by atoms with Crippen LogP contribution >= 0.6 is 0 Å². The van der Waals surface area contributed by atoms with E-state index in [-0.39, 0.29) is 6.71 Å². The minimum absolute atomic E-state index is 0.0807. The maximum Gasteiger partial charge on any atom is 0.240 e. The van der Waals surface area contributed by atoms with Crippen LogP contribution in [0.2, 0.25) is 0 Å². The van der Waals surface area contributed by atoms with Crippen LogP contribution in [0.5, 0.6) is 11.5 Å². The summed E-state index contributed by atoms with van der Waals surface area (Å²) in [4.78, 5) is 4.67. The van der Waals surface area contributed by atoms with Gasteiger partial charge in [-0.25, -0.2) is 0 Å². The Bertz CT molecular complexity index is 2920. The normalized spacial score (nSPS) is 13.3. The van der Waals surface area contributed by atoms with Crippen LogP contribution in [0.4, 0.5) is 34.1 Å². The van der Waals surface area contributed by atoms with Gasteiger partial charge in [0.25, 0.3) is 0 Å². The molecule has 1 spiro atoms. The van der Waals surface area contributed by atoms with Crippen molar-refractivity contribution >= 4 is 51.8 Å². The molecule has 0 unspecified atom stereocenters. The summed E-state index contributed by atoms with van der Waals surface area (Å²) >= 11 is 0. The topological polar surface area (TPSA) is 15.7 Å². The lowest BCUT2D eigenvalue weighted by Gasteiger charge is -2.47. The van der Waals surface area contributed by atoms with Gasteiger partial charge in [-0.2, -0.15) is 0 Å². The Labute approximate surface area is 345 Å². The molecule has 3 aliphatic rings. The lowest BCUT2D eigenvalue weighted by Crippen LogP contribution is -2.63. The molecule has 9 aromatic carbocycles. The molecule has 2 heterocycles. The zero-order valence-corrected chi connectivity index (χ0v) is 32.2. The standard InChI is InChI=1S/C55H37BN2O/c1-5-19-38(20-6-1)57(39-21-7-2-8-22-39)42-33-34-51-52(36-42)59-53-37-43(58(40-23-9-3-10-24-40)41-25-11-4-12-26-41)35-47-46-29-15-18-32-50(46)55(56(51)54(47)53)48-30-16-13-27-44(48)45-28-14-17-31-49(45)55/h1-37H. The Morgan fingerprint density at radius 2 is 0.712 bits per heavy atom. The van der Waals surface area contributed by atoms with Crippen LogP contribution in [-0.4, -0.2) is 6.71 Å². The Morgan fingerprint density at radius 3 is 1.19 bits per heavy atom. The summed E-state index contributed by atoms with van der Waals surface area (Å²) in [5.74, 6) is 1.75. The predicted octanol–water partition coefficient (Wildman–Crippen LogP) is 12.9. The fourth-order valence-corrected chi connectivity index (χ4v) is 10.3. The Hall–Kier alpha value is -7.56. The van der Waals surface area contributed by atoms with Gasteiger partial charge in [-0.15, -0.1) is 0 Å². The molecule has 9 aromatic rings. The highest BCUT2D eigenvalue weighted by Gasteiger charge is 2.59. The van der Waals surface area contributed by atoms with Crippen LogP contribution in [0.25, 0.3) is 22.3 Å². The van der Waals surface area contributed by atoms with Crippen molar-refractivity contribution in [3.63, 3.8) is 0 Å². The summed E-state index contributed by atoms with van der Waals surface area (Å²) in [6, 6.07) is 81.4.